The zero-order valence-electron chi connectivity index (χ0n) is 12.1. The maximum absolute atomic E-state index is 12.4. The molecule has 0 aliphatic carbocycles. The number of esters is 1. The SMILES string of the molecule is CCOC(=O)CN(C(=O)c1ccc(CCl)cc1)C(C)C. The molecule has 0 spiro atoms. The van der Waals surface area contributed by atoms with E-state index in [0.29, 0.717) is 18.1 Å². The summed E-state index contributed by atoms with van der Waals surface area (Å²) in [6, 6.07) is 6.98. The van der Waals surface area contributed by atoms with Crippen LogP contribution in [-0.4, -0.2) is 36.0 Å². The molecule has 4 nitrogen and oxygen atoms in total. The first-order chi connectivity index (χ1) is 9.49. The second kappa shape index (κ2) is 7.90. The third-order valence-corrected chi connectivity index (χ3v) is 3.15. The molecule has 0 unspecified atom stereocenters. The van der Waals surface area contributed by atoms with Crippen LogP contribution in [0.25, 0.3) is 0 Å². The second-order valence-electron chi connectivity index (χ2n) is 4.66. The minimum Gasteiger partial charge on any atom is -0.465 e. The van der Waals surface area contributed by atoms with Crippen LogP contribution in [0.5, 0.6) is 0 Å². The molecule has 0 N–H and O–H groups in total. The van der Waals surface area contributed by atoms with E-state index in [1.54, 1.807) is 19.1 Å². The van der Waals surface area contributed by atoms with Gasteiger partial charge in [0.2, 0.25) is 0 Å². The number of carbonyl (C=O) groups excluding carboxylic acids is 2. The third-order valence-electron chi connectivity index (χ3n) is 2.84. The molecule has 1 rings (SSSR count). The average Bonchev–Trinajstić information content (AvgIpc) is 2.44. The molecule has 0 atom stereocenters. The topological polar surface area (TPSA) is 46.6 Å². The first-order valence-corrected chi connectivity index (χ1v) is 7.14. The number of halogens is 1. The number of hydrogen-bond acceptors (Lipinski definition) is 3. The number of nitrogens with zero attached hydrogens (tertiary/aromatic N) is 1. The molecule has 0 aliphatic rings. The number of benzene rings is 1. The quantitative estimate of drug-likeness (QED) is 0.599. The Labute approximate surface area is 124 Å². The fourth-order valence-corrected chi connectivity index (χ4v) is 1.92. The van der Waals surface area contributed by atoms with E-state index < -0.39 is 5.97 Å². The van der Waals surface area contributed by atoms with Gasteiger partial charge in [-0.25, -0.2) is 0 Å². The van der Waals surface area contributed by atoms with Gasteiger partial charge >= 0.3 is 5.97 Å². The summed E-state index contributed by atoms with van der Waals surface area (Å²) in [5, 5.41) is 0. The lowest BCUT2D eigenvalue weighted by Gasteiger charge is -2.25. The lowest BCUT2D eigenvalue weighted by molar-refractivity contribution is -0.144. The number of amides is 1. The smallest absolute Gasteiger partial charge is 0.325 e. The normalized spacial score (nSPS) is 10.4. The molecular weight excluding hydrogens is 278 g/mol. The van der Waals surface area contributed by atoms with E-state index in [1.807, 2.05) is 26.0 Å². The van der Waals surface area contributed by atoms with Crippen LogP contribution in [0.4, 0.5) is 0 Å². The molecule has 0 aliphatic heterocycles. The first-order valence-electron chi connectivity index (χ1n) is 6.61. The highest BCUT2D eigenvalue weighted by Crippen LogP contribution is 2.11. The maximum atomic E-state index is 12.4. The summed E-state index contributed by atoms with van der Waals surface area (Å²) in [5.74, 6) is -0.174. The highest BCUT2D eigenvalue weighted by Gasteiger charge is 2.22. The molecule has 0 radical (unpaired) electrons. The summed E-state index contributed by atoms with van der Waals surface area (Å²) in [7, 11) is 0. The maximum Gasteiger partial charge on any atom is 0.325 e. The van der Waals surface area contributed by atoms with Gasteiger partial charge in [-0.05, 0) is 38.5 Å². The van der Waals surface area contributed by atoms with Crippen LogP contribution in [0.15, 0.2) is 24.3 Å². The van der Waals surface area contributed by atoms with Crippen LogP contribution in [0.3, 0.4) is 0 Å². The van der Waals surface area contributed by atoms with E-state index in [0.717, 1.165) is 5.56 Å². The van der Waals surface area contributed by atoms with Gasteiger partial charge in [0.1, 0.15) is 6.54 Å². The summed E-state index contributed by atoms with van der Waals surface area (Å²) in [5.41, 5.74) is 1.49. The predicted molar refractivity (Wildman–Crippen MR) is 78.8 cm³/mol. The van der Waals surface area contributed by atoms with Crippen LogP contribution in [-0.2, 0) is 15.4 Å². The monoisotopic (exact) mass is 297 g/mol. The van der Waals surface area contributed by atoms with Crippen LogP contribution < -0.4 is 0 Å². The Kier molecular flexibility index (Phi) is 6.52. The molecule has 0 aromatic heterocycles. The van der Waals surface area contributed by atoms with E-state index in [9.17, 15) is 9.59 Å². The van der Waals surface area contributed by atoms with Crippen LogP contribution in [0.2, 0.25) is 0 Å². The van der Waals surface area contributed by atoms with E-state index in [1.165, 1.54) is 4.90 Å². The molecule has 0 saturated carbocycles. The molecule has 0 saturated heterocycles. The van der Waals surface area contributed by atoms with Crippen molar-refractivity contribution in [1.29, 1.82) is 0 Å². The summed E-state index contributed by atoms with van der Waals surface area (Å²) >= 11 is 5.72. The van der Waals surface area contributed by atoms with Crippen LogP contribution in [0, 0.1) is 0 Å². The van der Waals surface area contributed by atoms with Gasteiger partial charge in [0.05, 0.1) is 6.61 Å². The molecule has 20 heavy (non-hydrogen) atoms. The predicted octanol–water partition coefficient (Wildman–Crippen LogP) is 2.84. The molecule has 1 aromatic rings. The average molecular weight is 298 g/mol. The Balaban J connectivity index is 2.84. The van der Waals surface area contributed by atoms with Crippen molar-refractivity contribution >= 4 is 23.5 Å². The molecule has 1 amide bonds. The zero-order valence-corrected chi connectivity index (χ0v) is 12.8. The Bertz CT molecular complexity index is 457. The van der Waals surface area contributed by atoms with Gasteiger partial charge in [0.25, 0.3) is 5.91 Å². The summed E-state index contributed by atoms with van der Waals surface area (Å²) in [6.45, 7) is 5.74. The van der Waals surface area contributed by atoms with E-state index in [4.69, 9.17) is 16.3 Å². The summed E-state index contributed by atoms with van der Waals surface area (Å²) in [4.78, 5) is 25.5. The number of rotatable bonds is 6. The van der Waals surface area contributed by atoms with Crippen molar-refractivity contribution < 1.29 is 14.3 Å². The van der Waals surface area contributed by atoms with Gasteiger partial charge in [-0.15, -0.1) is 11.6 Å². The van der Waals surface area contributed by atoms with Gasteiger partial charge in [-0.2, -0.15) is 0 Å². The molecular formula is C15H20ClNO3. The van der Waals surface area contributed by atoms with Gasteiger partial charge in [-0.1, -0.05) is 12.1 Å². The van der Waals surface area contributed by atoms with Crippen molar-refractivity contribution in [3.05, 3.63) is 35.4 Å². The van der Waals surface area contributed by atoms with E-state index in [-0.39, 0.29) is 18.5 Å². The van der Waals surface area contributed by atoms with Crippen molar-refractivity contribution in [3.8, 4) is 0 Å². The Morgan fingerprint density at radius 3 is 2.30 bits per heavy atom. The van der Waals surface area contributed by atoms with Crippen molar-refractivity contribution in [3.63, 3.8) is 0 Å². The Morgan fingerprint density at radius 1 is 1.25 bits per heavy atom. The van der Waals surface area contributed by atoms with Crippen LogP contribution >= 0.6 is 11.6 Å². The number of ether oxygens (including phenoxy) is 1. The molecule has 5 heteroatoms. The van der Waals surface area contributed by atoms with Crippen LogP contribution in [0.1, 0.15) is 36.7 Å². The van der Waals surface area contributed by atoms with Gasteiger partial charge in [0.15, 0.2) is 0 Å². The summed E-state index contributed by atoms with van der Waals surface area (Å²) in [6.07, 6.45) is 0. The highest BCUT2D eigenvalue weighted by atomic mass is 35.5. The second-order valence-corrected chi connectivity index (χ2v) is 4.93. The fraction of sp³-hybridized carbons (Fsp3) is 0.467. The number of hydrogen-bond donors (Lipinski definition) is 0. The number of alkyl halides is 1. The number of carbonyl (C=O) groups is 2. The highest BCUT2D eigenvalue weighted by molar-refractivity contribution is 6.17. The van der Waals surface area contributed by atoms with Crippen molar-refractivity contribution in [2.24, 2.45) is 0 Å². The molecule has 0 heterocycles. The minimum atomic E-state index is -0.396. The van der Waals surface area contributed by atoms with Gasteiger partial charge in [-0.3, -0.25) is 9.59 Å². The van der Waals surface area contributed by atoms with Gasteiger partial charge in [0, 0.05) is 17.5 Å². The van der Waals surface area contributed by atoms with E-state index in [2.05, 4.69) is 0 Å². The van der Waals surface area contributed by atoms with Crippen molar-refractivity contribution in [2.45, 2.75) is 32.7 Å². The van der Waals surface area contributed by atoms with Crippen molar-refractivity contribution in [1.82, 2.24) is 4.90 Å². The molecule has 0 bridgehead atoms. The fourth-order valence-electron chi connectivity index (χ4n) is 1.74. The van der Waals surface area contributed by atoms with E-state index >= 15 is 0 Å². The molecule has 0 fully saturated rings. The Hall–Kier alpha value is -1.55. The lowest BCUT2D eigenvalue weighted by atomic mass is 10.1. The third kappa shape index (κ3) is 4.53. The first kappa shape index (κ1) is 16.5. The van der Waals surface area contributed by atoms with Gasteiger partial charge < -0.3 is 9.64 Å². The molecule has 1 aromatic carbocycles. The zero-order chi connectivity index (χ0) is 15.1. The molecule has 110 valence electrons. The Morgan fingerprint density at radius 2 is 1.85 bits per heavy atom. The largest absolute Gasteiger partial charge is 0.465 e. The van der Waals surface area contributed by atoms with Crippen molar-refractivity contribution in [2.75, 3.05) is 13.2 Å². The standard InChI is InChI=1S/C15H20ClNO3/c1-4-20-14(18)10-17(11(2)3)15(19)13-7-5-12(9-16)6-8-13/h5-8,11H,4,9-10H2,1-3H3. The minimum absolute atomic E-state index is 0.0401. The lowest BCUT2D eigenvalue weighted by Crippen LogP contribution is -2.41. The summed E-state index contributed by atoms with van der Waals surface area (Å²) < 4.78 is 4.89.